The molecule has 6 atom stereocenters. The van der Waals surface area contributed by atoms with E-state index in [1.807, 2.05) is 0 Å². The fourth-order valence-electron chi connectivity index (χ4n) is 7.51. The Bertz CT molecular complexity index is 848. The highest BCUT2D eigenvalue weighted by Gasteiger charge is 2.70. The Morgan fingerprint density at radius 3 is 3.12 bits per heavy atom. The van der Waals surface area contributed by atoms with Gasteiger partial charge in [-0.1, -0.05) is 29.8 Å². The quantitative estimate of drug-likeness (QED) is 0.681. The first-order chi connectivity index (χ1) is 12.3. The monoisotopic (exact) mass is 334 g/mol. The molecular weight excluding hydrogens is 312 g/mol. The maximum absolute atomic E-state index is 13.2. The summed E-state index contributed by atoms with van der Waals surface area (Å²) in [6.07, 6.45) is 5.43. The third kappa shape index (κ3) is 1.33. The topological polar surface area (TPSA) is 32.8 Å². The lowest BCUT2D eigenvalue weighted by Gasteiger charge is -2.58. The van der Waals surface area contributed by atoms with Gasteiger partial charge in [0.25, 0.3) is 0 Å². The highest BCUT2D eigenvalue weighted by molar-refractivity contribution is 5.99. The van der Waals surface area contributed by atoms with Gasteiger partial charge in [0.1, 0.15) is 0 Å². The van der Waals surface area contributed by atoms with Crippen molar-refractivity contribution < 1.29 is 9.53 Å². The first-order valence-electron chi connectivity index (χ1n) is 9.75. The fourth-order valence-corrected chi connectivity index (χ4v) is 7.51. The number of fused-ring (bicyclic) bond motifs is 2. The first kappa shape index (κ1) is 13.5. The van der Waals surface area contributed by atoms with Crippen molar-refractivity contribution >= 4 is 11.6 Å². The standard InChI is InChI=1S/C21H22N2O2/c24-18-10-16-19-13-9-17-21(6-7-22(17)11-12(13)5-8-25-16)14-3-1-2-4-15(14)23(18)20(19)21/h1-5,13,16-17,19-20H,6-11H2/t13?,16-,17-,19-,20?,21+/m0/s1. The molecule has 4 nitrogen and oxygen atoms in total. The van der Waals surface area contributed by atoms with Gasteiger partial charge in [0.2, 0.25) is 5.91 Å². The Kier molecular flexibility index (Phi) is 2.27. The molecule has 0 N–H and O–H groups in total. The van der Waals surface area contributed by atoms with Crippen LogP contribution in [0.15, 0.2) is 35.9 Å². The van der Waals surface area contributed by atoms with Crippen molar-refractivity contribution in [3.05, 3.63) is 41.5 Å². The minimum Gasteiger partial charge on any atom is -0.373 e. The lowest BCUT2D eigenvalue weighted by Crippen LogP contribution is -2.69. The van der Waals surface area contributed by atoms with Crippen molar-refractivity contribution in [2.45, 2.75) is 42.9 Å². The van der Waals surface area contributed by atoms with Crippen LogP contribution in [0.2, 0.25) is 0 Å². The third-order valence-electron chi connectivity index (χ3n) is 8.22. The highest BCUT2D eigenvalue weighted by Crippen LogP contribution is 2.65. The van der Waals surface area contributed by atoms with E-state index in [9.17, 15) is 4.79 Å². The molecule has 1 spiro atoms. The van der Waals surface area contributed by atoms with Crippen molar-refractivity contribution in [3.63, 3.8) is 0 Å². The van der Waals surface area contributed by atoms with Gasteiger partial charge in [0.05, 0.1) is 25.2 Å². The summed E-state index contributed by atoms with van der Waals surface area (Å²) in [6.45, 7) is 2.97. The number of carbonyl (C=O) groups is 1. The van der Waals surface area contributed by atoms with Crippen molar-refractivity contribution in [2.24, 2.45) is 11.8 Å². The normalized spacial score (nSPS) is 45.9. The molecule has 3 saturated heterocycles. The smallest absolute Gasteiger partial charge is 0.229 e. The second-order valence-corrected chi connectivity index (χ2v) is 8.78. The molecule has 6 aliphatic rings. The summed E-state index contributed by atoms with van der Waals surface area (Å²) in [6, 6.07) is 9.64. The van der Waals surface area contributed by atoms with Gasteiger partial charge in [-0.3, -0.25) is 9.69 Å². The predicted octanol–water partition coefficient (Wildman–Crippen LogP) is 2.09. The first-order valence-corrected chi connectivity index (χ1v) is 9.75. The number of hydrogen-bond donors (Lipinski definition) is 0. The van der Waals surface area contributed by atoms with Gasteiger partial charge >= 0.3 is 0 Å². The van der Waals surface area contributed by atoms with E-state index in [2.05, 4.69) is 40.1 Å². The highest BCUT2D eigenvalue weighted by atomic mass is 16.5. The van der Waals surface area contributed by atoms with Crippen LogP contribution in [0.3, 0.4) is 0 Å². The van der Waals surface area contributed by atoms with E-state index in [0.717, 1.165) is 6.54 Å². The summed E-state index contributed by atoms with van der Waals surface area (Å²) in [7, 11) is 0. The van der Waals surface area contributed by atoms with Crippen LogP contribution in [-0.2, 0) is 14.9 Å². The zero-order valence-corrected chi connectivity index (χ0v) is 14.2. The van der Waals surface area contributed by atoms with E-state index in [1.165, 1.54) is 30.6 Å². The minimum absolute atomic E-state index is 0.104. The van der Waals surface area contributed by atoms with Crippen LogP contribution >= 0.6 is 0 Å². The van der Waals surface area contributed by atoms with Crippen LogP contribution in [0, 0.1) is 11.8 Å². The van der Waals surface area contributed by atoms with Gasteiger partial charge in [-0.05, 0) is 36.9 Å². The molecular formula is C21H22N2O2. The Balaban J connectivity index is 1.55. The Hall–Kier alpha value is -1.65. The largest absolute Gasteiger partial charge is 0.373 e. The Morgan fingerprint density at radius 2 is 2.16 bits per heavy atom. The van der Waals surface area contributed by atoms with Gasteiger partial charge in [-0.15, -0.1) is 0 Å². The van der Waals surface area contributed by atoms with Crippen LogP contribution in [0.25, 0.3) is 0 Å². The van der Waals surface area contributed by atoms with E-state index < -0.39 is 0 Å². The molecule has 1 saturated carbocycles. The molecule has 128 valence electrons. The number of benzene rings is 1. The molecule has 1 amide bonds. The summed E-state index contributed by atoms with van der Waals surface area (Å²) in [4.78, 5) is 18.1. The number of piperidine rings is 2. The zero-order valence-electron chi connectivity index (χ0n) is 14.2. The molecule has 0 radical (unpaired) electrons. The Morgan fingerprint density at radius 1 is 1.24 bits per heavy atom. The van der Waals surface area contributed by atoms with Crippen molar-refractivity contribution in [2.75, 3.05) is 24.6 Å². The van der Waals surface area contributed by atoms with Gasteiger partial charge in [0.15, 0.2) is 0 Å². The molecule has 25 heavy (non-hydrogen) atoms. The fraction of sp³-hybridized carbons (Fsp3) is 0.571. The lowest BCUT2D eigenvalue weighted by atomic mass is 9.53. The summed E-state index contributed by atoms with van der Waals surface area (Å²) in [5.74, 6) is 1.35. The van der Waals surface area contributed by atoms with E-state index in [-0.39, 0.29) is 17.4 Å². The molecule has 0 aromatic heterocycles. The van der Waals surface area contributed by atoms with Crippen molar-refractivity contribution in [1.82, 2.24) is 4.90 Å². The van der Waals surface area contributed by atoms with Crippen LogP contribution in [0.4, 0.5) is 5.69 Å². The molecule has 5 aliphatic heterocycles. The second-order valence-electron chi connectivity index (χ2n) is 8.78. The van der Waals surface area contributed by atoms with Crippen LogP contribution in [0.5, 0.6) is 0 Å². The van der Waals surface area contributed by atoms with E-state index in [4.69, 9.17) is 4.74 Å². The number of nitrogens with zero attached hydrogens (tertiary/aromatic N) is 2. The van der Waals surface area contributed by atoms with Gasteiger partial charge in [-0.25, -0.2) is 0 Å². The van der Waals surface area contributed by atoms with Crippen LogP contribution in [0.1, 0.15) is 24.8 Å². The molecule has 1 aromatic carbocycles. The van der Waals surface area contributed by atoms with E-state index in [1.54, 1.807) is 5.57 Å². The summed E-state index contributed by atoms with van der Waals surface area (Å²) < 4.78 is 6.25. The van der Waals surface area contributed by atoms with Crippen LogP contribution in [-0.4, -0.2) is 48.7 Å². The summed E-state index contributed by atoms with van der Waals surface area (Å²) in [5.41, 5.74) is 4.35. The van der Waals surface area contributed by atoms with E-state index in [0.29, 0.717) is 36.9 Å². The predicted molar refractivity (Wildman–Crippen MR) is 93.4 cm³/mol. The van der Waals surface area contributed by atoms with Gasteiger partial charge in [-0.2, -0.15) is 0 Å². The summed E-state index contributed by atoms with van der Waals surface area (Å²) >= 11 is 0. The molecule has 2 unspecified atom stereocenters. The van der Waals surface area contributed by atoms with Crippen molar-refractivity contribution in [3.8, 4) is 0 Å². The van der Waals surface area contributed by atoms with Gasteiger partial charge in [0, 0.05) is 29.6 Å². The number of hydrogen-bond acceptors (Lipinski definition) is 3. The van der Waals surface area contributed by atoms with E-state index >= 15 is 0 Å². The maximum Gasteiger partial charge on any atom is 0.229 e. The molecule has 7 rings (SSSR count). The maximum atomic E-state index is 13.2. The Labute approximate surface area is 147 Å². The molecule has 2 bridgehead atoms. The zero-order chi connectivity index (χ0) is 16.3. The number of anilines is 1. The molecule has 4 fully saturated rings. The molecule has 5 heterocycles. The molecule has 4 heteroatoms. The minimum atomic E-state index is 0.104. The average molecular weight is 334 g/mol. The lowest BCUT2D eigenvalue weighted by molar-refractivity contribution is -0.132. The number of amides is 1. The summed E-state index contributed by atoms with van der Waals surface area (Å²) in [5, 5.41) is 0. The van der Waals surface area contributed by atoms with Gasteiger partial charge < -0.3 is 9.64 Å². The van der Waals surface area contributed by atoms with Crippen molar-refractivity contribution in [1.29, 1.82) is 0 Å². The number of para-hydroxylation sites is 1. The third-order valence-corrected chi connectivity index (χ3v) is 8.22. The average Bonchev–Trinajstić information content (AvgIpc) is 3.10. The number of rotatable bonds is 0. The van der Waals surface area contributed by atoms with Crippen LogP contribution < -0.4 is 4.90 Å². The second kappa shape index (κ2) is 4.18. The SMILES string of the molecule is O=C1C[C@@H]2OCC=C3CN4CC[C@]56c7ccccc7N1C5[C@H]2C3C[C@H]46. The molecule has 1 aromatic rings. The number of ether oxygens (including phenoxy) is 1. The number of carbonyl (C=O) groups excluding carboxylic acids is 1. The molecule has 1 aliphatic carbocycles.